The first-order chi connectivity index (χ1) is 9.38. The molecule has 0 aliphatic carbocycles. The lowest BCUT2D eigenvalue weighted by molar-refractivity contribution is -0.192. The second-order valence-electron chi connectivity index (χ2n) is 6.10. The summed E-state index contributed by atoms with van der Waals surface area (Å²) >= 11 is 0. The highest BCUT2D eigenvalue weighted by Gasteiger charge is 2.33. The van der Waals surface area contributed by atoms with Crippen LogP contribution in [0.15, 0.2) is 11.1 Å². The molecule has 1 saturated heterocycles. The van der Waals surface area contributed by atoms with Crippen LogP contribution in [-0.2, 0) is 14.4 Å². The fraction of sp³-hybridized carbons (Fsp3) is 0.812. The lowest BCUT2D eigenvalue weighted by Crippen LogP contribution is -2.38. The number of hydroxylamine groups is 2. The zero-order chi connectivity index (χ0) is 15.2. The Morgan fingerprint density at radius 1 is 1.15 bits per heavy atom. The molecule has 1 aliphatic heterocycles. The van der Waals surface area contributed by atoms with E-state index in [1.54, 1.807) is 5.06 Å². The molecule has 1 heterocycles. The molecule has 20 heavy (non-hydrogen) atoms. The number of hydrogen-bond donors (Lipinski definition) is 0. The standard InChI is InChI=1S/C16H29NO3/c1-6-12-19-16(4,5)14(13(2)3)15(18)20-17-10-8-7-9-11-17/h6-12H2,1-5H3. The summed E-state index contributed by atoms with van der Waals surface area (Å²) in [4.78, 5) is 18.0. The van der Waals surface area contributed by atoms with Gasteiger partial charge in [-0.25, -0.2) is 4.79 Å². The average Bonchev–Trinajstić information content (AvgIpc) is 2.36. The number of piperidine rings is 1. The molecule has 1 rings (SSSR count). The van der Waals surface area contributed by atoms with E-state index in [0.29, 0.717) is 12.2 Å². The molecule has 0 aromatic heterocycles. The summed E-state index contributed by atoms with van der Waals surface area (Å²) in [5, 5.41) is 1.78. The van der Waals surface area contributed by atoms with Crippen molar-refractivity contribution in [3.8, 4) is 0 Å². The number of rotatable bonds is 6. The second kappa shape index (κ2) is 7.79. The van der Waals surface area contributed by atoms with Crippen molar-refractivity contribution in [2.75, 3.05) is 19.7 Å². The normalized spacial score (nSPS) is 16.9. The van der Waals surface area contributed by atoms with Gasteiger partial charge in [-0.15, -0.1) is 5.06 Å². The molecule has 0 saturated carbocycles. The summed E-state index contributed by atoms with van der Waals surface area (Å²) in [6.45, 7) is 12.1. The van der Waals surface area contributed by atoms with Crippen molar-refractivity contribution in [2.45, 2.75) is 65.9 Å². The Morgan fingerprint density at radius 3 is 2.25 bits per heavy atom. The maximum absolute atomic E-state index is 12.5. The first kappa shape index (κ1) is 17.2. The summed E-state index contributed by atoms with van der Waals surface area (Å²) in [7, 11) is 0. The topological polar surface area (TPSA) is 38.8 Å². The van der Waals surface area contributed by atoms with Gasteiger partial charge < -0.3 is 9.57 Å². The van der Waals surface area contributed by atoms with Crippen molar-refractivity contribution < 1.29 is 14.4 Å². The minimum absolute atomic E-state index is 0.270. The van der Waals surface area contributed by atoms with E-state index in [1.807, 2.05) is 27.7 Å². The molecular formula is C16H29NO3. The molecule has 1 aliphatic rings. The van der Waals surface area contributed by atoms with Gasteiger partial charge in [0.05, 0.1) is 11.2 Å². The van der Waals surface area contributed by atoms with Crippen LogP contribution in [0, 0.1) is 0 Å². The first-order valence-electron chi connectivity index (χ1n) is 7.67. The minimum atomic E-state index is -0.609. The SMILES string of the molecule is CCCOC(C)(C)C(C(=O)ON1CCCCC1)=C(C)C. The molecule has 0 atom stereocenters. The Hall–Kier alpha value is -0.870. The highest BCUT2D eigenvalue weighted by Crippen LogP contribution is 2.26. The lowest BCUT2D eigenvalue weighted by Gasteiger charge is -2.31. The fourth-order valence-electron chi connectivity index (χ4n) is 2.60. The van der Waals surface area contributed by atoms with Gasteiger partial charge in [-0.3, -0.25) is 0 Å². The zero-order valence-electron chi connectivity index (χ0n) is 13.6. The van der Waals surface area contributed by atoms with E-state index in [0.717, 1.165) is 37.9 Å². The number of carbonyl (C=O) groups excluding carboxylic acids is 1. The van der Waals surface area contributed by atoms with Gasteiger partial charge in [-0.05, 0) is 47.0 Å². The molecular weight excluding hydrogens is 254 g/mol. The molecule has 4 nitrogen and oxygen atoms in total. The lowest BCUT2D eigenvalue weighted by atomic mass is 9.94. The number of hydrogen-bond acceptors (Lipinski definition) is 4. The molecule has 0 spiro atoms. The highest BCUT2D eigenvalue weighted by molar-refractivity contribution is 5.91. The van der Waals surface area contributed by atoms with E-state index < -0.39 is 5.60 Å². The predicted octanol–water partition coefficient (Wildman–Crippen LogP) is 3.47. The Balaban J connectivity index is 2.75. The number of ether oxygens (including phenoxy) is 1. The minimum Gasteiger partial charge on any atom is -0.371 e. The Morgan fingerprint density at radius 2 is 1.75 bits per heavy atom. The van der Waals surface area contributed by atoms with Crippen molar-refractivity contribution in [1.82, 2.24) is 5.06 Å². The van der Waals surface area contributed by atoms with Crippen LogP contribution in [0.5, 0.6) is 0 Å². The second-order valence-corrected chi connectivity index (χ2v) is 6.10. The highest BCUT2D eigenvalue weighted by atomic mass is 16.7. The molecule has 116 valence electrons. The Labute approximate surface area is 123 Å². The van der Waals surface area contributed by atoms with Crippen molar-refractivity contribution >= 4 is 5.97 Å². The van der Waals surface area contributed by atoms with Gasteiger partial charge in [-0.2, -0.15) is 0 Å². The van der Waals surface area contributed by atoms with E-state index in [1.165, 1.54) is 6.42 Å². The van der Waals surface area contributed by atoms with Gasteiger partial charge >= 0.3 is 5.97 Å². The van der Waals surface area contributed by atoms with Crippen LogP contribution in [0.2, 0.25) is 0 Å². The third-order valence-electron chi connectivity index (χ3n) is 3.50. The maximum Gasteiger partial charge on any atom is 0.355 e. The number of nitrogens with zero attached hydrogens (tertiary/aromatic N) is 1. The van der Waals surface area contributed by atoms with Crippen LogP contribution in [0.3, 0.4) is 0 Å². The molecule has 0 bridgehead atoms. The first-order valence-corrected chi connectivity index (χ1v) is 7.67. The largest absolute Gasteiger partial charge is 0.371 e. The van der Waals surface area contributed by atoms with Gasteiger partial charge in [0.25, 0.3) is 0 Å². The molecule has 0 aromatic carbocycles. The third kappa shape index (κ3) is 4.91. The molecule has 0 unspecified atom stereocenters. The van der Waals surface area contributed by atoms with E-state index in [9.17, 15) is 4.79 Å². The van der Waals surface area contributed by atoms with Gasteiger partial charge in [0.2, 0.25) is 0 Å². The van der Waals surface area contributed by atoms with Crippen LogP contribution < -0.4 is 0 Å². The fourth-order valence-corrected chi connectivity index (χ4v) is 2.60. The van der Waals surface area contributed by atoms with Gasteiger partial charge in [0, 0.05) is 19.7 Å². The van der Waals surface area contributed by atoms with E-state index in [4.69, 9.17) is 9.57 Å². The Bertz CT molecular complexity index is 351. The van der Waals surface area contributed by atoms with Crippen LogP contribution in [0.25, 0.3) is 0 Å². The maximum atomic E-state index is 12.5. The third-order valence-corrected chi connectivity index (χ3v) is 3.50. The van der Waals surface area contributed by atoms with Gasteiger partial charge in [-0.1, -0.05) is 18.9 Å². The van der Waals surface area contributed by atoms with Gasteiger partial charge in [0.15, 0.2) is 0 Å². The molecule has 0 aromatic rings. The molecule has 4 heteroatoms. The van der Waals surface area contributed by atoms with Crippen molar-refractivity contribution in [3.05, 3.63) is 11.1 Å². The molecule has 1 fully saturated rings. The summed E-state index contributed by atoms with van der Waals surface area (Å²) < 4.78 is 5.84. The van der Waals surface area contributed by atoms with Crippen molar-refractivity contribution in [3.63, 3.8) is 0 Å². The summed E-state index contributed by atoms with van der Waals surface area (Å²) in [6.07, 6.45) is 4.33. The van der Waals surface area contributed by atoms with E-state index in [-0.39, 0.29) is 5.97 Å². The monoisotopic (exact) mass is 283 g/mol. The van der Waals surface area contributed by atoms with Crippen LogP contribution in [0.4, 0.5) is 0 Å². The quantitative estimate of drug-likeness (QED) is 0.700. The smallest absolute Gasteiger partial charge is 0.355 e. The van der Waals surface area contributed by atoms with Crippen LogP contribution >= 0.6 is 0 Å². The number of carbonyl (C=O) groups is 1. The van der Waals surface area contributed by atoms with Crippen LogP contribution in [0.1, 0.15) is 60.3 Å². The predicted molar refractivity (Wildman–Crippen MR) is 80.2 cm³/mol. The summed E-state index contributed by atoms with van der Waals surface area (Å²) in [5.74, 6) is -0.270. The number of allylic oxidation sites excluding steroid dienone is 1. The summed E-state index contributed by atoms with van der Waals surface area (Å²) in [6, 6.07) is 0. The molecule has 0 radical (unpaired) electrons. The molecule has 0 N–H and O–H groups in total. The van der Waals surface area contributed by atoms with E-state index in [2.05, 4.69) is 6.92 Å². The van der Waals surface area contributed by atoms with E-state index >= 15 is 0 Å². The van der Waals surface area contributed by atoms with Crippen LogP contribution in [-0.4, -0.2) is 36.3 Å². The van der Waals surface area contributed by atoms with Gasteiger partial charge in [0.1, 0.15) is 0 Å². The zero-order valence-corrected chi connectivity index (χ0v) is 13.6. The average molecular weight is 283 g/mol. The molecule has 0 amide bonds. The van der Waals surface area contributed by atoms with Crippen molar-refractivity contribution in [2.24, 2.45) is 0 Å². The van der Waals surface area contributed by atoms with Crippen molar-refractivity contribution in [1.29, 1.82) is 0 Å². The Kier molecular flexibility index (Phi) is 6.69. The summed E-state index contributed by atoms with van der Waals surface area (Å²) in [5.41, 5.74) is 0.978.